The lowest BCUT2D eigenvalue weighted by Gasteiger charge is -2.29. The SMILES string of the molecule is COc1nc(N2CCNCC2)nc2c1CCCC2.O=C(O)/C=C\C(=O)O. The number of fused-ring (bicyclic) bond motifs is 1. The zero-order valence-electron chi connectivity index (χ0n) is 14.8. The lowest BCUT2D eigenvalue weighted by Crippen LogP contribution is -2.44. The number of nitrogens with one attached hydrogen (secondary N) is 1. The molecule has 0 radical (unpaired) electrons. The molecule has 1 aromatic heterocycles. The van der Waals surface area contributed by atoms with Gasteiger partial charge in [0.15, 0.2) is 0 Å². The number of hydrogen-bond acceptors (Lipinski definition) is 7. The molecule has 0 saturated carbocycles. The maximum Gasteiger partial charge on any atom is 0.328 e. The fourth-order valence-electron chi connectivity index (χ4n) is 2.86. The molecule has 2 heterocycles. The Balaban J connectivity index is 0.000000260. The first kappa shape index (κ1) is 19.6. The Morgan fingerprint density at radius 3 is 2.27 bits per heavy atom. The largest absolute Gasteiger partial charge is 0.481 e. The molecule has 0 aromatic carbocycles. The van der Waals surface area contributed by atoms with Crippen LogP contribution in [0.2, 0.25) is 0 Å². The summed E-state index contributed by atoms with van der Waals surface area (Å²) < 4.78 is 5.45. The van der Waals surface area contributed by atoms with Crippen LogP contribution in [0.5, 0.6) is 5.88 Å². The Morgan fingerprint density at radius 2 is 1.69 bits per heavy atom. The van der Waals surface area contributed by atoms with E-state index in [4.69, 9.17) is 19.9 Å². The molecule has 142 valence electrons. The molecule has 1 aliphatic carbocycles. The van der Waals surface area contributed by atoms with E-state index >= 15 is 0 Å². The molecular formula is C17H24N4O5. The van der Waals surface area contributed by atoms with E-state index in [1.807, 2.05) is 0 Å². The number of rotatable bonds is 4. The van der Waals surface area contributed by atoms with Gasteiger partial charge in [-0.3, -0.25) is 0 Å². The molecule has 26 heavy (non-hydrogen) atoms. The summed E-state index contributed by atoms with van der Waals surface area (Å²) in [7, 11) is 1.71. The molecule has 3 N–H and O–H groups in total. The molecule has 3 rings (SSSR count). The molecular weight excluding hydrogens is 340 g/mol. The van der Waals surface area contributed by atoms with E-state index in [-0.39, 0.29) is 0 Å². The molecule has 1 aliphatic heterocycles. The average Bonchev–Trinajstić information content (AvgIpc) is 2.66. The van der Waals surface area contributed by atoms with E-state index in [1.54, 1.807) is 7.11 Å². The summed E-state index contributed by atoms with van der Waals surface area (Å²) in [6.45, 7) is 3.95. The van der Waals surface area contributed by atoms with Crippen molar-refractivity contribution in [1.29, 1.82) is 0 Å². The number of nitrogens with zero attached hydrogens (tertiary/aromatic N) is 3. The van der Waals surface area contributed by atoms with E-state index in [2.05, 4.69) is 15.2 Å². The topological polar surface area (TPSA) is 125 Å². The molecule has 0 bridgehead atoms. The van der Waals surface area contributed by atoms with E-state index in [0.29, 0.717) is 12.2 Å². The molecule has 1 aromatic rings. The zero-order chi connectivity index (χ0) is 18.9. The minimum Gasteiger partial charge on any atom is -0.481 e. The van der Waals surface area contributed by atoms with Gasteiger partial charge in [0.05, 0.1) is 12.8 Å². The monoisotopic (exact) mass is 364 g/mol. The van der Waals surface area contributed by atoms with Gasteiger partial charge in [0.25, 0.3) is 0 Å². The number of piperazine rings is 1. The quantitative estimate of drug-likeness (QED) is 0.654. The van der Waals surface area contributed by atoms with Crippen molar-refractivity contribution < 1.29 is 24.5 Å². The zero-order valence-corrected chi connectivity index (χ0v) is 14.8. The highest BCUT2D eigenvalue weighted by molar-refractivity contribution is 5.89. The van der Waals surface area contributed by atoms with Crippen molar-refractivity contribution in [1.82, 2.24) is 15.3 Å². The molecule has 9 nitrogen and oxygen atoms in total. The van der Waals surface area contributed by atoms with Gasteiger partial charge in [0.2, 0.25) is 11.8 Å². The van der Waals surface area contributed by atoms with Gasteiger partial charge in [-0.2, -0.15) is 4.98 Å². The second-order valence-corrected chi connectivity index (χ2v) is 5.91. The van der Waals surface area contributed by atoms with E-state index in [0.717, 1.165) is 50.8 Å². The van der Waals surface area contributed by atoms with Crippen molar-refractivity contribution in [2.24, 2.45) is 0 Å². The lowest BCUT2D eigenvalue weighted by molar-refractivity contribution is -0.134. The Morgan fingerprint density at radius 1 is 1.08 bits per heavy atom. The number of methoxy groups -OCH3 is 1. The molecule has 0 spiro atoms. The third-order valence-electron chi connectivity index (χ3n) is 4.10. The molecule has 0 unspecified atom stereocenters. The highest BCUT2D eigenvalue weighted by Crippen LogP contribution is 2.28. The van der Waals surface area contributed by atoms with Crippen molar-refractivity contribution in [3.8, 4) is 5.88 Å². The minimum atomic E-state index is -1.26. The van der Waals surface area contributed by atoms with Gasteiger partial charge in [-0.1, -0.05) is 0 Å². The summed E-state index contributed by atoms with van der Waals surface area (Å²) in [5.74, 6) is -0.887. The van der Waals surface area contributed by atoms with Crippen LogP contribution < -0.4 is 15.0 Å². The number of aryl methyl sites for hydroxylation is 1. The fourth-order valence-corrected chi connectivity index (χ4v) is 2.86. The first-order valence-corrected chi connectivity index (χ1v) is 8.54. The van der Waals surface area contributed by atoms with Gasteiger partial charge < -0.3 is 25.2 Å². The standard InChI is InChI=1S/C13H20N4O.C4H4O4/c1-18-12-10-4-2-3-5-11(10)15-13(16-12)17-8-6-14-7-9-17;5-3(6)1-2-4(7)8/h14H,2-9H2,1H3;1-2H,(H,5,6)(H,7,8)/b;2-1-. The maximum atomic E-state index is 9.55. The van der Waals surface area contributed by atoms with Gasteiger partial charge in [-0.25, -0.2) is 14.6 Å². The van der Waals surface area contributed by atoms with E-state index < -0.39 is 11.9 Å². The van der Waals surface area contributed by atoms with Crippen LogP contribution in [0.25, 0.3) is 0 Å². The Labute approximate surface area is 151 Å². The van der Waals surface area contributed by atoms with Gasteiger partial charge in [0, 0.05) is 43.9 Å². The third-order valence-corrected chi connectivity index (χ3v) is 4.10. The summed E-state index contributed by atoms with van der Waals surface area (Å²) >= 11 is 0. The summed E-state index contributed by atoms with van der Waals surface area (Å²) in [5, 5.41) is 19.0. The molecule has 9 heteroatoms. The molecule has 1 fully saturated rings. The van der Waals surface area contributed by atoms with E-state index in [1.165, 1.54) is 24.1 Å². The summed E-state index contributed by atoms with van der Waals surface area (Å²) in [6, 6.07) is 0. The minimum absolute atomic E-state index is 0.558. The first-order valence-electron chi connectivity index (χ1n) is 8.54. The molecule has 0 atom stereocenters. The van der Waals surface area contributed by atoms with Crippen molar-refractivity contribution >= 4 is 17.9 Å². The Kier molecular flexibility index (Phi) is 7.34. The smallest absolute Gasteiger partial charge is 0.328 e. The van der Waals surface area contributed by atoms with Crippen molar-refractivity contribution in [2.75, 3.05) is 38.2 Å². The van der Waals surface area contributed by atoms with Gasteiger partial charge in [0.1, 0.15) is 0 Å². The van der Waals surface area contributed by atoms with Crippen LogP contribution in [0, 0.1) is 0 Å². The fraction of sp³-hybridized carbons (Fsp3) is 0.529. The van der Waals surface area contributed by atoms with Crippen LogP contribution in [0.4, 0.5) is 5.95 Å². The lowest BCUT2D eigenvalue weighted by atomic mass is 9.97. The highest BCUT2D eigenvalue weighted by Gasteiger charge is 2.21. The van der Waals surface area contributed by atoms with Gasteiger partial charge in [-0.15, -0.1) is 0 Å². The summed E-state index contributed by atoms with van der Waals surface area (Å²) in [4.78, 5) is 30.7. The second-order valence-electron chi connectivity index (χ2n) is 5.91. The number of aromatic nitrogens is 2. The molecule has 1 saturated heterocycles. The number of aliphatic carboxylic acids is 2. The molecule has 0 amide bonds. The number of hydrogen-bond donors (Lipinski definition) is 3. The van der Waals surface area contributed by atoms with Crippen molar-refractivity contribution in [2.45, 2.75) is 25.7 Å². The summed E-state index contributed by atoms with van der Waals surface area (Å²) in [5.41, 5.74) is 2.42. The predicted molar refractivity (Wildman–Crippen MR) is 94.7 cm³/mol. The number of carbonyl (C=O) groups is 2. The number of carboxylic acid groups (broad SMARTS) is 2. The van der Waals surface area contributed by atoms with Crippen molar-refractivity contribution in [3.63, 3.8) is 0 Å². The number of carboxylic acids is 2. The van der Waals surface area contributed by atoms with Crippen LogP contribution in [-0.2, 0) is 22.4 Å². The normalized spacial score (nSPS) is 16.4. The van der Waals surface area contributed by atoms with Crippen LogP contribution in [-0.4, -0.2) is 65.4 Å². The number of ether oxygens (including phenoxy) is 1. The summed E-state index contributed by atoms with van der Waals surface area (Å²) in [6.07, 6.45) is 5.69. The van der Waals surface area contributed by atoms with E-state index in [9.17, 15) is 9.59 Å². The predicted octanol–water partition coefficient (Wildman–Crippen LogP) is 0.485. The molecule has 2 aliphatic rings. The van der Waals surface area contributed by atoms with Gasteiger partial charge in [-0.05, 0) is 25.7 Å². The Bertz CT molecular complexity index is 638. The van der Waals surface area contributed by atoms with Crippen LogP contribution >= 0.6 is 0 Å². The van der Waals surface area contributed by atoms with Crippen molar-refractivity contribution in [3.05, 3.63) is 23.4 Å². The van der Waals surface area contributed by atoms with Crippen LogP contribution in [0.15, 0.2) is 12.2 Å². The highest BCUT2D eigenvalue weighted by atomic mass is 16.5. The Hall–Kier alpha value is -2.68. The van der Waals surface area contributed by atoms with Gasteiger partial charge >= 0.3 is 11.9 Å². The van der Waals surface area contributed by atoms with Crippen LogP contribution in [0.1, 0.15) is 24.1 Å². The first-order chi connectivity index (χ1) is 12.5. The maximum absolute atomic E-state index is 9.55. The third kappa shape index (κ3) is 5.69. The van der Waals surface area contributed by atoms with Crippen LogP contribution in [0.3, 0.4) is 0 Å². The number of anilines is 1. The second kappa shape index (κ2) is 9.71. The average molecular weight is 364 g/mol.